The van der Waals surface area contributed by atoms with E-state index in [1.165, 1.54) is 0 Å². The lowest BCUT2D eigenvalue weighted by molar-refractivity contribution is -0.384. The average Bonchev–Trinajstić information content (AvgIpc) is 2.92. The van der Waals surface area contributed by atoms with Crippen LogP contribution in [0, 0.1) is 10.1 Å². The highest BCUT2D eigenvalue weighted by atomic mass is 32.1. The first-order valence-electron chi connectivity index (χ1n) is 7.37. The van der Waals surface area contributed by atoms with E-state index in [1.807, 2.05) is 19.9 Å². The van der Waals surface area contributed by atoms with Crippen LogP contribution in [-0.2, 0) is 0 Å². The molecule has 0 bridgehead atoms. The summed E-state index contributed by atoms with van der Waals surface area (Å²) in [6.45, 7) is 6.20. The molecule has 0 N–H and O–H groups in total. The molecule has 1 fully saturated rings. The fraction of sp³-hybridized carbons (Fsp3) is 0.533. The van der Waals surface area contributed by atoms with Crippen molar-refractivity contribution < 1.29 is 4.92 Å². The smallest absolute Gasteiger partial charge is 0.271 e. The number of hydrogen-bond donors (Lipinski definition) is 0. The second kappa shape index (κ2) is 6.95. The van der Waals surface area contributed by atoms with Gasteiger partial charge in [0.15, 0.2) is 0 Å². The van der Waals surface area contributed by atoms with E-state index in [9.17, 15) is 10.1 Å². The topological polar surface area (TPSA) is 59.3 Å². The van der Waals surface area contributed by atoms with E-state index >= 15 is 0 Å². The van der Waals surface area contributed by atoms with Crippen LogP contribution in [0.5, 0.6) is 0 Å². The van der Waals surface area contributed by atoms with Gasteiger partial charge in [-0.25, -0.2) is 4.98 Å². The number of nitro benzene ring substituents is 1. The molecule has 2 aromatic rings. The second-order valence-electron chi connectivity index (χ2n) is 5.04. The van der Waals surface area contributed by atoms with Gasteiger partial charge in [-0.1, -0.05) is 13.8 Å². The Labute approximate surface area is 128 Å². The summed E-state index contributed by atoms with van der Waals surface area (Å²) >= 11 is 1.67. The number of non-ortho nitro benzene ring substituents is 1. The van der Waals surface area contributed by atoms with Crippen molar-refractivity contribution in [3.8, 4) is 0 Å². The van der Waals surface area contributed by atoms with Crippen molar-refractivity contribution in [1.29, 1.82) is 0 Å². The van der Waals surface area contributed by atoms with Crippen LogP contribution in [0.25, 0.3) is 10.2 Å². The summed E-state index contributed by atoms with van der Waals surface area (Å²) in [5.41, 5.74) is 0.876. The Hall–Kier alpha value is -1.53. The molecule has 0 spiro atoms. The van der Waals surface area contributed by atoms with Crippen molar-refractivity contribution in [2.75, 3.05) is 20.1 Å². The van der Waals surface area contributed by atoms with Crippen LogP contribution in [0.3, 0.4) is 0 Å². The Morgan fingerprint density at radius 2 is 2.00 bits per heavy atom. The molecule has 0 atom stereocenters. The Morgan fingerprint density at radius 1 is 1.33 bits per heavy atom. The van der Waals surface area contributed by atoms with Crippen molar-refractivity contribution in [2.24, 2.45) is 0 Å². The summed E-state index contributed by atoms with van der Waals surface area (Å²) in [5.74, 6) is 0.507. The molecular weight excluding hydrogens is 286 g/mol. The van der Waals surface area contributed by atoms with E-state index in [4.69, 9.17) is 0 Å². The highest BCUT2D eigenvalue weighted by molar-refractivity contribution is 7.18. The molecule has 1 aromatic carbocycles. The molecule has 0 unspecified atom stereocenters. The molecule has 2 heterocycles. The van der Waals surface area contributed by atoms with E-state index in [-0.39, 0.29) is 10.6 Å². The number of fused-ring (bicyclic) bond motifs is 1. The minimum atomic E-state index is -0.367. The van der Waals surface area contributed by atoms with Crippen LogP contribution in [0.4, 0.5) is 5.69 Å². The first-order valence-corrected chi connectivity index (χ1v) is 8.18. The number of hydrogen-bond acceptors (Lipinski definition) is 5. The molecule has 3 rings (SSSR count). The molecule has 0 aliphatic carbocycles. The fourth-order valence-electron chi connectivity index (χ4n) is 2.48. The van der Waals surface area contributed by atoms with Crippen LogP contribution in [0.15, 0.2) is 18.2 Å². The number of rotatable bonds is 2. The molecule has 0 radical (unpaired) electrons. The zero-order valence-corrected chi connectivity index (χ0v) is 13.5. The third kappa shape index (κ3) is 3.57. The average molecular weight is 307 g/mol. The number of likely N-dealkylation sites (tertiary alicyclic amines) is 1. The van der Waals surface area contributed by atoms with Crippen LogP contribution in [0.2, 0.25) is 0 Å². The van der Waals surface area contributed by atoms with Crippen molar-refractivity contribution in [2.45, 2.75) is 32.6 Å². The number of benzene rings is 1. The molecule has 1 aromatic heterocycles. The fourth-order valence-corrected chi connectivity index (χ4v) is 3.59. The Morgan fingerprint density at radius 3 is 2.62 bits per heavy atom. The summed E-state index contributed by atoms with van der Waals surface area (Å²) in [6, 6.07) is 4.94. The van der Waals surface area contributed by atoms with E-state index in [2.05, 4.69) is 16.9 Å². The highest BCUT2D eigenvalue weighted by Gasteiger charge is 2.22. The minimum Gasteiger partial charge on any atom is -0.306 e. The first-order chi connectivity index (χ1) is 10.1. The van der Waals surface area contributed by atoms with Crippen LogP contribution in [0.1, 0.15) is 37.6 Å². The third-order valence-corrected chi connectivity index (χ3v) is 4.87. The van der Waals surface area contributed by atoms with Gasteiger partial charge >= 0.3 is 0 Å². The molecule has 21 heavy (non-hydrogen) atoms. The summed E-state index contributed by atoms with van der Waals surface area (Å²) in [7, 11) is 2.14. The zero-order chi connectivity index (χ0) is 15.4. The maximum absolute atomic E-state index is 10.8. The highest BCUT2D eigenvalue weighted by Crippen LogP contribution is 2.34. The van der Waals surface area contributed by atoms with E-state index in [0.29, 0.717) is 5.92 Å². The summed E-state index contributed by atoms with van der Waals surface area (Å²) in [4.78, 5) is 17.3. The largest absolute Gasteiger partial charge is 0.306 e. The molecule has 0 amide bonds. The number of thiazole rings is 1. The van der Waals surface area contributed by atoms with Crippen molar-refractivity contribution in [1.82, 2.24) is 9.88 Å². The van der Waals surface area contributed by atoms with Crippen molar-refractivity contribution >= 4 is 27.2 Å². The van der Waals surface area contributed by atoms with Gasteiger partial charge in [0.1, 0.15) is 0 Å². The zero-order valence-electron chi connectivity index (χ0n) is 12.7. The van der Waals surface area contributed by atoms with Crippen LogP contribution < -0.4 is 0 Å². The Balaban J connectivity index is 0.000000774. The molecular formula is C15H21N3O2S. The van der Waals surface area contributed by atoms with Gasteiger partial charge in [0.25, 0.3) is 5.69 Å². The molecule has 1 aliphatic heterocycles. The predicted octanol–water partition coefficient (Wildman–Crippen LogP) is 4.04. The molecule has 0 saturated carbocycles. The van der Waals surface area contributed by atoms with Crippen molar-refractivity contribution in [3.63, 3.8) is 0 Å². The number of nitro groups is 1. The SMILES string of the molecule is CC.CN1CCC(c2nc3cc([N+](=O)[O-])ccc3s2)CC1. The molecule has 5 nitrogen and oxygen atoms in total. The van der Waals surface area contributed by atoms with Gasteiger partial charge in [-0.05, 0) is 39.0 Å². The summed E-state index contributed by atoms with van der Waals surface area (Å²) in [5, 5.41) is 11.9. The lowest BCUT2D eigenvalue weighted by Gasteiger charge is -2.27. The Bertz CT molecular complexity index is 618. The molecule has 1 aliphatic rings. The molecule has 1 saturated heterocycles. The lowest BCUT2D eigenvalue weighted by atomic mass is 9.98. The monoisotopic (exact) mass is 307 g/mol. The van der Waals surface area contributed by atoms with Gasteiger partial charge in [-0.15, -0.1) is 11.3 Å². The van der Waals surface area contributed by atoms with E-state index < -0.39 is 0 Å². The molecule has 6 heteroatoms. The van der Waals surface area contributed by atoms with E-state index in [1.54, 1.807) is 23.5 Å². The molecule has 114 valence electrons. The summed E-state index contributed by atoms with van der Waals surface area (Å²) in [6.07, 6.45) is 2.25. The van der Waals surface area contributed by atoms with Crippen LogP contribution in [-0.4, -0.2) is 34.9 Å². The standard InChI is InChI=1S/C13H15N3O2S.C2H6/c1-15-6-4-9(5-7-15)13-14-11-8-10(16(17)18)2-3-12(11)19-13;1-2/h2-3,8-9H,4-7H2,1H3;1-2H3. The van der Waals surface area contributed by atoms with Crippen LogP contribution >= 0.6 is 11.3 Å². The lowest BCUT2D eigenvalue weighted by Crippen LogP contribution is -2.29. The van der Waals surface area contributed by atoms with Gasteiger partial charge in [-0.2, -0.15) is 0 Å². The predicted molar refractivity (Wildman–Crippen MR) is 87.1 cm³/mol. The maximum Gasteiger partial charge on any atom is 0.271 e. The van der Waals surface area contributed by atoms with Gasteiger partial charge in [0.05, 0.1) is 20.1 Å². The third-order valence-electron chi connectivity index (χ3n) is 3.67. The first kappa shape index (κ1) is 15.9. The number of piperidine rings is 1. The Kier molecular flexibility index (Phi) is 5.25. The van der Waals surface area contributed by atoms with Gasteiger partial charge in [0, 0.05) is 18.1 Å². The van der Waals surface area contributed by atoms with Crippen molar-refractivity contribution in [3.05, 3.63) is 33.3 Å². The van der Waals surface area contributed by atoms with Gasteiger partial charge in [0.2, 0.25) is 0 Å². The minimum absolute atomic E-state index is 0.118. The van der Waals surface area contributed by atoms with E-state index in [0.717, 1.165) is 41.2 Å². The second-order valence-corrected chi connectivity index (χ2v) is 6.10. The number of aromatic nitrogens is 1. The maximum atomic E-state index is 10.8. The van der Waals surface area contributed by atoms with Gasteiger partial charge in [-0.3, -0.25) is 10.1 Å². The normalized spacial score (nSPS) is 16.5. The number of nitrogens with zero attached hydrogens (tertiary/aromatic N) is 3. The van der Waals surface area contributed by atoms with Gasteiger partial charge < -0.3 is 4.90 Å². The summed E-state index contributed by atoms with van der Waals surface area (Å²) < 4.78 is 1.04. The quantitative estimate of drug-likeness (QED) is 0.620.